The van der Waals surface area contributed by atoms with E-state index in [-0.39, 0.29) is 28.9 Å². The molecule has 2 heterocycles. The van der Waals surface area contributed by atoms with Crippen molar-refractivity contribution in [2.75, 3.05) is 0 Å². The van der Waals surface area contributed by atoms with Gasteiger partial charge >= 0.3 is 5.69 Å². The van der Waals surface area contributed by atoms with E-state index in [1.165, 1.54) is 4.57 Å². The number of aromatic nitrogens is 3. The summed E-state index contributed by atoms with van der Waals surface area (Å²) in [7, 11) is 0. The largest absolute Gasteiger partial charge is 0.349 e. The number of carbonyl (C=O) groups excluding carboxylic acids is 1. The molecule has 1 fully saturated rings. The number of amides is 1. The second-order valence-electron chi connectivity index (χ2n) is 6.91. The number of fused-ring (bicyclic) bond motifs is 1. The average Bonchev–Trinajstić information content (AvgIpc) is 3.06. The van der Waals surface area contributed by atoms with Crippen molar-refractivity contribution in [1.29, 1.82) is 0 Å². The molecule has 0 atom stereocenters. The van der Waals surface area contributed by atoms with Crippen molar-refractivity contribution >= 4 is 16.9 Å². The first-order valence-electron chi connectivity index (χ1n) is 8.91. The van der Waals surface area contributed by atoms with Gasteiger partial charge in [-0.1, -0.05) is 26.7 Å². The molecular weight excluding hydrogens is 320 g/mol. The minimum absolute atomic E-state index is 0.0714. The highest BCUT2D eigenvalue weighted by atomic mass is 16.2. The molecule has 0 aromatic carbocycles. The molecule has 0 saturated heterocycles. The standard InChI is InChI=1S/C18H24N4O3/c1-4-22-15-14(17(24)21-18(22)25)12(9-13(20-15)10(2)3)16(23)19-11-7-5-6-8-11/h9-11H,4-8H2,1-3H3,(H,19,23)(H,21,24,25). The highest BCUT2D eigenvalue weighted by molar-refractivity contribution is 6.05. The van der Waals surface area contributed by atoms with E-state index in [1.807, 2.05) is 13.8 Å². The van der Waals surface area contributed by atoms with Crippen LogP contribution in [0.2, 0.25) is 0 Å². The number of nitrogens with one attached hydrogen (secondary N) is 2. The van der Waals surface area contributed by atoms with E-state index in [4.69, 9.17) is 0 Å². The Bertz CT molecular complexity index is 920. The van der Waals surface area contributed by atoms with Crippen molar-refractivity contribution in [2.24, 2.45) is 0 Å². The first-order chi connectivity index (χ1) is 11.9. The van der Waals surface area contributed by atoms with Gasteiger partial charge in [0.15, 0.2) is 5.65 Å². The Hall–Kier alpha value is -2.44. The number of aryl methyl sites for hydroxylation is 1. The van der Waals surface area contributed by atoms with Crippen LogP contribution in [0.5, 0.6) is 0 Å². The fourth-order valence-electron chi connectivity index (χ4n) is 3.39. The molecule has 7 nitrogen and oxygen atoms in total. The Morgan fingerprint density at radius 1 is 1.36 bits per heavy atom. The number of nitrogens with zero attached hydrogens (tertiary/aromatic N) is 2. The predicted molar refractivity (Wildman–Crippen MR) is 96.1 cm³/mol. The van der Waals surface area contributed by atoms with Gasteiger partial charge in [-0.2, -0.15) is 0 Å². The Labute approximate surface area is 145 Å². The number of H-pyrrole nitrogens is 1. The summed E-state index contributed by atoms with van der Waals surface area (Å²) in [4.78, 5) is 44.2. The summed E-state index contributed by atoms with van der Waals surface area (Å²) in [5, 5.41) is 3.21. The molecule has 1 amide bonds. The number of pyridine rings is 1. The highest BCUT2D eigenvalue weighted by Gasteiger charge is 2.23. The molecule has 1 saturated carbocycles. The van der Waals surface area contributed by atoms with E-state index < -0.39 is 11.2 Å². The fraction of sp³-hybridized carbons (Fsp3) is 0.556. The number of aromatic amines is 1. The van der Waals surface area contributed by atoms with Crippen molar-refractivity contribution < 1.29 is 4.79 Å². The van der Waals surface area contributed by atoms with Crippen LogP contribution in [0.25, 0.3) is 11.0 Å². The Balaban J connectivity index is 2.23. The van der Waals surface area contributed by atoms with Crippen LogP contribution < -0.4 is 16.6 Å². The van der Waals surface area contributed by atoms with Crippen molar-refractivity contribution in [3.63, 3.8) is 0 Å². The van der Waals surface area contributed by atoms with Crippen LogP contribution in [0.4, 0.5) is 0 Å². The minimum Gasteiger partial charge on any atom is -0.349 e. The van der Waals surface area contributed by atoms with E-state index in [0.717, 1.165) is 25.7 Å². The van der Waals surface area contributed by atoms with Crippen LogP contribution in [-0.2, 0) is 6.54 Å². The highest BCUT2D eigenvalue weighted by Crippen LogP contribution is 2.22. The van der Waals surface area contributed by atoms with Gasteiger partial charge in [0.05, 0.1) is 10.9 Å². The maximum absolute atomic E-state index is 12.8. The van der Waals surface area contributed by atoms with Gasteiger partial charge in [-0.15, -0.1) is 0 Å². The van der Waals surface area contributed by atoms with Crippen molar-refractivity contribution in [3.8, 4) is 0 Å². The average molecular weight is 344 g/mol. The van der Waals surface area contributed by atoms with E-state index >= 15 is 0 Å². The van der Waals surface area contributed by atoms with Crippen LogP contribution in [0.15, 0.2) is 15.7 Å². The third-order valence-electron chi connectivity index (χ3n) is 4.81. The lowest BCUT2D eigenvalue weighted by atomic mass is 10.0. The Morgan fingerprint density at radius 2 is 2.04 bits per heavy atom. The quantitative estimate of drug-likeness (QED) is 0.885. The van der Waals surface area contributed by atoms with Crippen molar-refractivity contribution in [3.05, 3.63) is 38.2 Å². The fourth-order valence-corrected chi connectivity index (χ4v) is 3.39. The normalized spacial score (nSPS) is 15.2. The Morgan fingerprint density at radius 3 is 2.64 bits per heavy atom. The van der Waals surface area contributed by atoms with Gasteiger partial charge in [0.2, 0.25) is 0 Å². The summed E-state index contributed by atoms with van der Waals surface area (Å²) in [5.74, 6) is -0.199. The number of rotatable bonds is 4. The van der Waals surface area contributed by atoms with Gasteiger partial charge in [0.1, 0.15) is 0 Å². The molecule has 3 rings (SSSR count). The molecule has 0 spiro atoms. The van der Waals surface area contributed by atoms with Gasteiger partial charge in [-0.05, 0) is 31.7 Å². The van der Waals surface area contributed by atoms with Crippen LogP contribution >= 0.6 is 0 Å². The number of hydrogen-bond donors (Lipinski definition) is 2. The first kappa shape index (κ1) is 17.4. The van der Waals surface area contributed by atoms with E-state index in [2.05, 4.69) is 15.3 Å². The van der Waals surface area contributed by atoms with Crippen LogP contribution in [-0.4, -0.2) is 26.5 Å². The molecule has 2 aromatic rings. The molecule has 1 aliphatic rings. The predicted octanol–water partition coefficient (Wildman–Crippen LogP) is 1.90. The number of hydrogen-bond acceptors (Lipinski definition) is 4. The zero-order chi connectivity index (χ0) is 18.1. The zero-order valence-electron chi connectivity index (χ0n) is 14.9. The molecule has 25 heavy (non-hydrogen) atoms. The Kier molecular flexibility index (Phi) is 4.74. The smallest absolute Gasteiger partial charge is 0.329 e. The van der Waals surface area contributed by atoms with Crippen LogP contribution in [0.3, 0.4) is 0 Å². The van der Waals surface area contributed by atoms with E-state index in [9.17, 15) is 14.4 Å². The summed E-state index contributed by atoms with van der Waals surface area (Å²) in [6.45, 7) is 6.11. The third-order valence-corrected chi connectivity index (χ3v) is 4.81. The molecule has 1 aliphatic carbocycles. The maximum atomic E-state index is 12.8. The molecule has 2 aromatic heterocycles. The van der Waals surface area contributed by atoms with Crippen LogP contribution in [0.1, 0.15) is 68.4 Å². The summed E-state index contributed by atoms with van der Waals surface area (Å²) in [5.41, 5.74) is 0.193. The summed E-state index contributed by atoms with van der Waals surface area (Å²) >= 11 is 0. The first-order valence-corrected chi connectivity index (χ1v) is 8.91. The van der Waals surface area contributed by atoms with Gasteiger partial charge in [-0.3, -0.25) is 19.1 Å². The molecular formula is C18H24N4O3. The van der Waals surface area contributed by atoms with E-state index in [1.54, 1.807) is 13.0 Å². The third kappa shape index (κ3) is 3.23. The topological polar surface area (TPSA) is 96.9 Å². The van der Waals surface area contributed by atoms with E-state index in [0.29, 0.717) is 17.8 Å². The molecule has 0 unspecified atom stereocenters. The van der Waals surface area contributed by atoms with Crippen LogP contribution in [0, 0.1) is 0 Å². The SMILES string of the molecule is CCn1c(=O)[nH]c(=O)c2c(C(=O)NC3CCCC3)cc(C(C)C)nc21. The van der Waals surface area contributed by atoms with Crippen molar-refractivity contribution in [2.45, 2.75) is 65.0 Å². The summed E-state index contributed by atoms with van der Waals surface area (Å²) < 4.78 is 1.40. The summed E-state index contributed by atoms with van der Waals surface area (Å²) in [6.07, 6.45) is 4.13. The molecule has 134 valence electrons. The molecule has 7 heteroatoms. The van der Waals surface area contributed by atoms with Gasteiger partial charge < -0.3 is 5.32 Å². The lowest BCUT2D eigenvalue weighted by Crippen LogP contribution is -2.36. The number of carbonyl (C=O) groups is 1. The molecule has 0 aliphatic heterocycles. The minimum atomic E-state index is -0.566. The second kappa shape index (κ2) is 6.82. The molecule has 2 N–H and O–H groups in total. The van der Waals surface area contributed by atoms with Gasteiger partial charge in [0.25, 0.3) is 11.5 Å². The maximum Gasteiger partial charge on any atom is 0.329 e. The lowest BCUT2D eigenvalue weighted by Gasteiger charge is -2.16. The van der Waals surface area contributed by atoms with Gasteiger partial charge in [-0.25, -0.2) is 9.78 Å². The lowest BCUT2D eigenvalue weighted by molar-refractivity contribution is 0.0939. The summed E-state index contributed by atoms with van der Waals surface area (Å²) in [6, 6.07) is 1.83. The van der Waals surface area contributed by atoms with Gasteiger partial charge in [0, 0.05) is 18.3 Å². The van der Waals surface area contributed by atoms with Crippen molar-refractivity contribution in [1.82, 2.24) is 19.9 Å². The zero-order valence-corrected chi connectivity index (χ0v) is 14.9. The second-order valence-corrected chi connectivity index (χ2v) is 6.91. The molecule has 0 bridgehead atoms. The molecule has 0 radical (unpaired) electrons. The monoisotopic (exact) mass is 344 g/mol.